The van der Waals surface area contributed by atoms with Crippen LogP contribution in [0.4, 0.5) is 0 Å². The summed E-state index contributed by atoms with van der Waals surface area (Å²) in [5, 5.41) is 0. The zero-order chi connectivity index (χ0) is 31.3. The first kappa shape index (κ1) is 33.3. The summed E-state index contributed by atoms with van der Waals surface area (Å²) >= 11 is 1.11. The minimum Gasteiger partial charge on any atom is -0.325 e. The van der Waals surface area contributed by atoms with E-state index in [0.717, 1.165) is 39.6 Å². The number of pyridine rings is 2. The van der Waals surface area contributed by atoms with Gasteiger partial charge in [0.05, 0.1) is 16.9 Å². The van der Waals surface area contributed by atoms with Gasteiger partial charge in [0.25, 0.3) is 0 Å². The molecule has 0 fully saturated rings. The van der Waals surface area contributed by atoms with Gasteiger partial charge in [-0.05, 0) is 71.4 Å². The molecule has 0 aliphatic carbocycles. The third-order valence-corrected chi connectivity index (χ3v) is 9.59. The molecule has 46 heavy (non-hydrogen) atoms. The van der Waals surface area contributed by atoms with Crippen LogP contribution in [0.1, 0.15) is 25.2 Å². The molecule has 0 radical (unpaired) electrons. The number of sulfone groups is 1. The third kappa shape index (κ3) is 7.48. The Bertz CT molecular complexity index is 2040. The van der Waals surface area contributed by atoms with Crippen molar-refractivity contribution >= 4 is 21.9 Å². The first-order valence-corrected chi connectivity index (χ1v) is 16.4. The van der Waals surface area contributed by atoms with E-state index < -0.39 is 15.3 Å². The molecular weight excluding hydrogens is 796 g/mol. The summed E-state index contributed by atoms with van der Waals surface area (Å²) in [5.74, 6) is 0.616. The van der Waals surface area contributed by atoms with Gasteiger partial charge in [-0.3, -0.25) is 0 Å². The van der Waals surface area contributed by atoms with Crippen LogP contribution in [0.15, 0.2) is 148 Å². The van der Waals surface area contributed by atoms with E-state index in [2.05, 4.69) is 26.0 Å². The van der Waals surface area contributed by atoms with Crippen molar-refractivity contribution in [2.24, 2.45) is 0 Å². The van der Waals surface area contributed by atoms with Crippen LogP contribution in [0, 0.1) is 12.1 Å². The molecule has 2 heterocycles. The summed E-state index contributed by atoms with van der Waals surface area (Å²) in [6.07, 6.45) is 0. The molecule has 232 valence electrons. The molecular formula is C37H28N2O4PtS2. The molecule has 0 amide bonds. The van der Waals surface area contributed by atoms with Crippen LogP contribution in [-0.4, -0.2) is 18.4 Å². The average Bonchev–Trinajstić information content (AvgIpc) is 3.09. The van der Waals surface area contributed by atoms with Crippen molar-refractivity contribution in [2.75, 3.05) is 0 Å². The second-order valence-corrected chi connectivity index (χ2v) is 13.4. The quantitative estimate of drug-likeness (QED) is 0.0593. The maximum atomic E-state index is 13.2. The summed E-state index contributed by atoms with van der Waals surface area (Å²) in [7, 11) is -3.68. The molecule has 6 nitrogen and oxygen atoms in total. The van der Waals surface area contributed by atoms with Gasteiger partial charge < -0.3 is 14.9 Å². The van der Waals surface area contributed by atoms with Crippen LogP contribution in [0.5, 0.6) is 5.75 Å². The van der Waals surface area contributed by atoms with Crippen molar-refractivity contribution in [3.05, 3.63) is 157 Å². The average molecular weight is 824 g/mol. The molecule has 0 saturated heterocycles. The van der Waals surface area contributed by atoms with Crippen molar-refractivity contribution in [2.45, 2.75) is 33.9 Å². The van der Waals surface area contributed by atoms with Gasteiger partial charge in [0.2, 0.25) is 0 Å². The SMILES string of the molecule is CC(C)(c1cccc(-c2[c-]ccc(SOOc3ccccc3)c2)n1)c1cccc(-c2[c-]ccc(S(=O)(=O)c3ccccc3)c2)n1.[Pt+2]. The van der Waals surface area contributed by atoms with Crippen LogP contribution in [0.2, 0.25) is 0 Å². The van der Waals surface area contributed by atoms with Crippen molar-refractivity contribution in [3.8, 4) is 28.3 Å². The van der Waals surface area contributed by atoms with Gasteiger partial charge in [-0.2, -0.15) is 0 Å². The fourth-order valence-electron chi connectivity index (χ4n) is 4.71. The summed E-state index contributed by atoms with van der Waals surface area (Å²) in [6.45, 7) is 4.13. The Morgan fingerprint density at radius 2 is 1.22 bits per heavy atom. The molecule has 0 unspecified atom stereocenters. The normalized spacial score (nSPS) is 11.4. The van der Waals surface area contributed by atoms with Crippen molar-refractivity contribution in [3.63, 3.8) is 0 Å². The summed E-state index contributed by atoms with van der Waals surface area (Å²) in [6, 6.07) is 46.2. The van der Waals surface area contributed by atoms with E-state index in [4.69, 9.17) is 19.2 Å². The zero-order valence-corrected chi connectivity index (χ0v) is 28.8. The predicted molar refractivity (Wildman–Crippen MR) is 175 cm³/mol. The number of hydrogen-bond donors (Lipinski definition) is 0. The van der Waals surface area contributed by atoms with Crippen molar-refractivity contribution < 1.29 is 38.7 Å². The van der Waals surface area contributed by atoms with Gasteiger partial charge >= 0.3 is 21.1 Å². The van der Waals surface area contributed by atoms with E-state index in [1.165, 1.54) is 0 Å². The fourth-order valence-corrected chi connectivity index (χ4v) is 6.50. The minimum absolute atomic E-state index is 0. The van der Waals surface area contributed by atoms with E-state index in [1.54, 1.807) is 48.5 Å². The maximum absolute atomic E-state index is 13.2. The number of hydrogen-bond acceptors (Lipinski definition) is 7. The number of rotatable bonds is 10. The summed E-state index contributed by atoms with van der Waals surface area (Å²) < 4.78 is 31.9. The van der Waals surface area contributed by atoms with Crippen LogP contribution < -0.4 is 4.89 Å². The second kappa shape index (κ2) is 14.6. The first-order chi connectivity index (χ1) is 21.8. The maximum Gasteiger partial charge on any atom is 2.00 e. The van der Waals surface area contributed by atoms with E-state index in [9.17, 15) is 8.42 Å². The molecule has 0 bridgehead atoms. The van der Waals surface area contributed by atoms with Crippen LogP contribution in [0.25, 0.3) is 22.5 Å². The molecule has 0 aliphatic rings. The minimum atomic E-state index is -3.68. The topological polar surface area (TPSA) is 78.4 Å². The molecule has 4 aromatic carbocycles. The Morgan fingerprint density at radius 3 is 1.85 bits per heavy atom. The van der Waals surface area contributed by atoms with E-state index in [1.807, 2.05) is 84.9 Å². The van der Waals surface area contributed by atoms with Crippen LogP contribution in [0.3, 0.4) is 0 Å². The van der Waals surface area contributed by atoms with E-state index in [0.29, 0.717) is 17.0 Å². The van der Waals surface area contributed by atoms with Crippen molar-refractivity contribution in [1.82, 2.24) is 9.97 Å². The van der Waals surface area contributed by atoms with Gasteiger partial charge in [-0.15, -0.1) is 64.0 Å². The number of para-hydroxylation sites is 1. The standard InChI is InChI=1S/C37H28N2O4S2.Pt/c1-37(2,35-23-11-21-33(38-35)27-13-9-17-30(25-27)44-43-42-29-15-5-3-6-16-29)36-24-12-22-34(39-36)28-14-10-20-32(26-28)45(40,41)31-18-7-4-8-19-31;/h3-12,15-26H,1-2H3;/q-2;+2. The van der Waals surface area contributed by atoms with Crippen LogP contribution >= 0.6 is 12.0 Å². The molecule has 0 N–H and O–H groups in total. The molecule has 6 rings (SSSR count). The predicted octanol–water partition coefficient (Wildman–Crippen LogP) is 8.58. The van der Waals surface area contributed by atoms with Gasteiger partial charge in [0.1, 0.15) is 0 Å². The number of aromatic nitrogens is 2. The Balaban J connectivity index is 0.00000417. The Labute approximate surface area is 288 Å². The smallest absolute Gasteiger partial charge is 0.325 e. The number of benzene rings is 4. The van der Waals surface area contributed by atoms with Gasteiger partial charge in [-0.25, -0.2) is 8.42 Å². The Morgan fingerprint density at radius 1 is 0.652 bits per heavy atom. The fraction of sp³-hybridized carbons (Fsp3) is 0.0811. The van der Waals surface area contributed by atoms with Gasteiger partial charge in [0, 0.05) is 16.8 Å². The van der Waals surface area contributed by atoms with Gasteiger partial charge in [0.15, 0.2) is 15.6 Å². The zero-order valence-electron chi connectivity index (χ0n) is 24.9. The molecule has 6 aromatic rings. The molecule has 0 spiro atoms. The molecule has 2 aromatic heterocycles. The Kier molecular flexibility index (Phi) is 10.5. The molecule has 0 atom stereocenters. The summed E-state index contributed by atoms with van der Waals surface area (Å²) in [4.78, 5) is 16.6. The van der Waals surface area contributed by atoms with Crippen LogP contribution in [-0.2, 0) is 40.7 Å². The first-order valence-electron chi connectivity index (χ1n) is 14.2. The largest absolute Gasteiger partial charge is 2.00 e. The molecule has 9 heteroatoms. The number of nitrogens with zero attached hydrogens (tertiary/aromatic N) is 2. The molecule has 0 saturated carbocycles. The Hall–Kier alpha value is -4.07. The van der Waals surface area contributed by atoms with Gasteiger partial charge in [-0.1, -0.05) is 60.7 Å². The third-order valence-electron chi connectivity index (χ3n) is 7.24. The van der Waals surface area contributed by atoms with E-state index >= 15 is 0 Å². The van der Waals surface area contributed by atoms with E-state index in [-0.39, 0.29) is 30.9 Å². The monoisotopic (exact) mass is 823 g/mol. The van der Waals surface area contributed by atoms with Crippen molar-refractivity contribution in [1.29, 1.82) is 0 Å². The summed E-state index contributed by atoms with van der Waals surface area (Å²) in [5.41, 5.74) is 3.83. The second-order valence-electron chi connectivity index (χ2n) is 10.7. The molecule has 0 aliphatic heterocycles.